The molecule has 1 aliphatic carbocycles. The molecule has 1 saturated carbocycles. The van der Waals surface area contributed by atoms with E-state index >= 15 is 0 Å². The first kappa shape index (κ1) is 15.4. The van der Waals surface area contributed by atoms with Crippen molar-refractivity contribution in [2.45, 2.75) is 51.1 Å². The fourth-order valence-corrected chi connectivity index (χ4v) is 2.80. The molecule has 4 heteroatoms. The van der Waals surface area contributed by atoms with E-state index in [0.717, 1.165) is 51.9 Å². The van der Waals surface area contributed by atoms with Gasteiger partial charge in [0.15, 0.2) is 0 Å². The van der Waals surface area contributed by atoms with Crippen LogP contribution in [0, 0.1) is 11.3 Å². The monoisotopic (exact) mass is 253 g/mol. The molecular formula is C14H27N3O. The van der Waals surface area contributed by atoms with Crippen LogP contribution >= 0.6 is 0 Å². The van der Waals surface area contributed by atoms with Gasteiger partial charge in [-0.3, -0.25) is 10.2 Å². The molecule has 0 aromatic rings. The molecule has 0 aromatic heterocycles. The van der Waals surface area contributed by atoms with Crippen molar-refractivity contribution in [2.24, 2.45) is 0 Å². The summed E-state index contributed by atoms with van der Waals surface area (Å²) in [5.74, 6) is 0. The predicted octanol–water partition coefficient (Wildman–Crippen LogP) is 1.77. The molecule has 0 heterocycles. The Bertz CT molecular complexity index is 277. The molecule has 0 bridgehead atoms. The van der Waals surface area contributed by atoms with Crippen molar-refractivity contribution in [2.75, 3.05) is 33.4 Å². The lowest BCUT2D eigenvalue weighted by Gasteiger charge is -2.29. The quantitative estimate of drug-likeness (QED) is 0.716. The van der Waals surface area contributed by atoms with Crippen LogP contribution in [-0.4, -0.2) is 49.8 Å². The van der Waals surface area contributed by atoms with Crippen LogP contribution in [0.3, 0.4) is 0 Å². The lowest BCUT2D eigenvalue weighted by Crippen LogP contribution is -2.44. The van der Waals surface area contributed by atoms with Gasteiger partial charge >= 0.3 is 0 Å². The van der Waals surface area contributed by atoms with Crippen molar-refractivity contribution in [3.63, 3.8) is 0 Å². The topological polar surface area (TPSA) is 48.3 Å². The minimum Gasteiger partial charge on any atom is -0.383 e. The smallest absolute Gasteiger partial charge is 0.108 e. The van der Waals surface area contributed by atoms with Crippen LogP contribution in [0.25, 0.3) is 0 Å². The first-order valence-electron chi connectivity index (χ1n) is 7.10. The van der Waals surface area contributed by atoms with Crippen LogP contribution in [-0.2, 0) is 4.74 Å². The summed E-state index contributed by atoms with van der Waals surface area (Å²) in [6, 6.07) is 3.03. The fraction of sp³-hybridized carbons (Fsp3) is 0.929. The zero-order chi connectivity index (χ0) is 13.4. The van der Waals surface area contributed by atoms with E-state index < -0.39 is 0 Å². The van der Waals surface area contributed by atoms with E-state index in [0.29, 0.717) is 6.04 Å². The highest BCUT2D eigenvalue weighted by Crippen LogP contribution is 2.32. The second-order valence-electron chi connectivity index (χ2n) is 5.14. The number of rotatable bonds is 8. The second-order valence-corrected chi connectivity index (χ2v) is 5.14. The average Bonchev–Trinajstić information content (AvgIpc) is 2.82. The molecule has 1 fully saturated rings. The van der Waals surface area contributed by atoms with Crippen LogP contribution in [0.4, 0.5) is 0 Å². The zero-order valence-electron chi connectivity index (χ0n) is 12.0. The largest absolute Gasteiger partial charge is 0.383 e. The Morgan fingerprint density at radius 3 is 2.83 bits per heavy atom. The number of nitriles is 1. The number of ether oxygens (including phenoxy) is 1. The molecule has 0 radical (unpaired) electrons. The summed E-state index contributed by atoms with van der Waals surface area (Å²) in [6.07, 6.45) is 4.11. The van der Waals surface area contributed by atoms with Crippen LogP contribution in [0.5, 0.6) is 0 Å². The van der Waals surface area contributed by atoms with Crippen molar-refractivity contribution < 1.29 is 4.74 Å². The van der Waals surface area contributed by atoms with Gasteiger partial charge in [-0.2, -0.15) is 5.26 Å². The molecule has 0 spiro atoms. The minimum atomic E-state index is -0.291. The van der Waals surface area contributed by atoms with Crippen molar-refractivity contribution in [1.82, 2.24) is 10.2 Å². The summed E-state index contributed by atoms with van der Waals surface area (Å²) in [5, 5.41) is 12.9. The van der Waals surface area contributed by atoms with Gasteiger partial charge in [0, 0.05) is 19.7 Å². The Balaban J connectivity index is 2.53. The van der Waals surface area contributed by atoms with Crippen LogP contribution < -0.4 is 5.32 Å². The molecule has 2 atom stereocenters. The molecule has 1 rings (SSSR count). The lowest BCUT2D eigenvalue weighted by molar-refractivity contribution is 0.123. The fourth-order valence-electron chi connectivity index (χ4n) is 2.80. The zero-order valence-corrected chi connectivity index (χ0v) is 12.0. The third kappa shape index (κ3) is 3.94. The Kier molecular flexibility index (Phi) is 6.62. The van der Waals surface area contributed by atoms with Gasteiger partial charge in [0.05, 0.1) is 12.7 Å². The van der Waals surface area contributed by atoms with Gasteiger partial charge in [-0.05, 0) is 38.8 Å². The summed E-state index contributed by atoms with van der Waals surface area (Å²) in [6.45, 7) is 8.02. The van der Waals surface area contributed by atoms with E-state index in [1.54, 1.807) is 7.11 Å². The van der Waals surface area contributed by atoms with Crippen LogP contribution in [0.1, 0.15) is 39.5 Å². The highest BCUT2D eigenvalue weighted by Gasteiger charge is 2.40. The molecule has 0 aliphatic heterocycles. The molecule has 1 N–H and O–H groups in total. The van der Waals surface area contributed by atoms with E-state index in [-0.39, 0.29) is 5.54 Å². The predicted molar refractivity (Wildman–Crippen MR) is 73.4 cm³/mol. The van der Waals surface area contributed by atoms with Gasteiger partial charge in [0.1, 0.15) is 5.54 Å². The molecule has 0 aromatic carbocycles. The number of nitrogens with one attached hydrogen (secondary N) is 1. The van der Waals surface area contributed by atoms with Crippen molar-refractivity contribution in [3.8, 4) is 6.07 Å². The summed E-state index contributed by atoms with van der Waals surface area (Å²) in [5.41, 5.74) is -0.291. The minimum absolute atomic E-state index is 0.291. The van der Waals surface area contributed by atoms with E-state index in [1.165, 1.54) is 0 Å². The summed E-state index contributed by atoms with van der Waals surface area (Å²) in [4.78, 5) is 2.44. The standard InChI is InChI=1S/C14H27N3O/c1-4-8-16-14(12-15)7-6-13(11-14)17(5-2)9-10-18-3/h13,16H,4-11H2,1-3H3. The average molecular weight is 253 g/mol. The van der Waals surface area contributed by atoms with Crippen molar-refractivity contribution in [1.29, 1.82) is 5.26 Å². The second kappa shape index (κ2) is 7.73. The Labute approximate surface area is 111 Å². The number of methoxy groups -OCH3 is 1. The van der Waals surface area contributed by atoms with Gasteiger partial charge in [0.2, 0.25) is 0 Å². The van der Waals surface area contributed by atoms with E-state index in [4.69, 9.17) is 4.74 Å². The molecular weight excluding hydrogens is 226 g/mol. The van der Waals surface area contributed by atoms with Gasteiger partial charge < -0.3 is 4.74 Å². The normalized spacial score (nSPS) is 27.6. The summed E-state index contributed by atoms with van der Waals surface area (Å²) >= 11 is 0. The number of likely N-dealkylation sites (N-methyl/N-ethyl adjacent to an activating group) is 1. The SMILES string of the molecule is CCCNC1(C#N)CCC(N(CC)CCOC)C1. The highest BCUT2D eigenvalue weighted by molar-refractivity contribution is 5.13. The van der Waals surface area contributed by atoms with Gasteiger partial charge in [-0.1, -0.05) is 13.8 Å². The third-order valence-electron chi connectivity index (χ3n) is 3.92. The molecule has 0 saturated heterocycles. The maximum absolute atomic E-state index is 9.44. The van der Waals surface area contributed by atoms with E-state index in [2.05, 4.69) is 30.1 Å². The maximum Gasteiger partial charge on any atom is 0.108 e. The molecule has 4 nitrogen and oxygen atoms in total. The van der Waals surface area contributed by atoms with Crippen LogP contribution in [0.15, 0.2) is 0 Å². The summed E-state index contributed by atoms with van der Waals surface area (Å²) in [7, 11) is 1.74. The first-order chi connectivity index (χ1) is 8.71. The molecule has 104 valence electrons. The van der Waals surface area contributed by atoms with Crippen LogP contribution in [0.2, 0.25) is 0 Å². The van der Waals surface area contributed by atoms with Gasteiger partial charge in [-0.25, -0.2) is 0 Å². The Morgan fingerprint density at radius 2 is 2.28 bits per heavy atom. The number of nitrogens with zero attached hydrogens (tertiary/aromatic N) is 2. The maximum atomic E-state index is 9.44. The molecule has 2 unspecified atom stereocenters. The number of hydrogen-bond donors (Lipinski definition) is 1. The van der Waals surface area contributed by atoms with Crippen molar-refractivity contribution >= 4 is 0 Å². The molecule has 1 aliphatic rings. The third-order valence-corrected chi connectivity index (χ3v) is 3.92. The Morgan fingerprint density at radius 1 is 1.50 bits per heavy atom. The van der Waals surface area contributed by atoms with Gasteiger partial charge in [0.25, 0.3) is 0 Å². The van der Waals surface area contributed by atoms with E-state index in [1.807, 2.05) is 0 Å². The molecule has 18 heavy (non-hydrogen) atoms. The Hall–Kier alpha value is -0.630. The number of hydrogen-bond acceptors (Lipinski definition) is 4. The highest BCUT2D eigenvalue weighted by atomic mass is 16.5. The van der Waals surface area contributed by atoms with Gasteiger partial charge in [-0.15, -0.1) is 0 Å². The first-order valence-corrected chi connectivity index (χ1v) is 7.10. The van der Waals surface area contributed by atoms with E-state index in [9.17, 15) is 5.26 Å². The summed E-state index contributed by atoms with van der Waals surface area (Å²) < 4.78 is 5.15. The molecule has 0 amide bonds. The lowest BCUT2D eigenvalue weighted by atomic mass is 9.99. The van der Waals surface area contributed by atoms with Crippen molar-refractivity contribution in [3.05, 3.63) is 0 Å².